The second-order valence-electron chi connectivity index (χ2n) is 4.49. The maximum absolute atomic E-state index is 11.9. The van der Waals surface area contributed by atoms with Crippen LogP contribution < -0.4 is 10.6 Å². The molecular weight excluding hydrogens is 304 g/mol. The quantitative estimate of drug-likeness (QED) is 0.591. The average Bonchev–Trinajstić information content (AvgIpc) is 2.96. The zero-order chi connectivity index (χ0) is 16.8. The second-order valence-corrected chi connectivity index (χ2v) is 4.49. The van der Waals surface area contributed by atoms with Gasteiger partial charge in [0.15, 0.2) is 0 Å². The van der Waals surface area contributed by atoms with Crippen molar-refractivity contribution >= 4 is 23.5 Å². The molecule has 1 aromatic heterocycles. The minimum Gasteiger partial charge on any atom is -0.390 e. The number of rotatable bonds is 6. The van der Waals surface area contributed by atoms with Crippen molar-refractivity contribution in [3.63, 3.8) is 0 Å². The molecule has 0 aliphatic rings. The lowest BCUT2D eigenvalue weighted by molar-refractivity contribution is -0.394. The normalized spacial score (nSPS) is 10.1. The van der Waals surface area contributed by atoms with Gasteiger partial charge in [0.1, 0.15) is 6.54 Å². The van der Waals surface area contributed by atoms with E-state index in [0.29, 0.717) is 17.8 Å². The first-order valence-electron chi connectivity index (χ1n) is 6.71. The molecule has 0 aliphatic carbocycles. The highest BCUT2D eigenvalue weighted by atomic mass is 16.6. The number of nitrogens with one attached hydrogen (secondary N) is 2. The third-order valence-electron chi connectivity index (χ3n) is 2.74. The zero-order valence-electron chi connectivity index (χ0n) is 12.2. The number of hydrogen-bond donors (Lipinski definition) is 2. The van der Waals surface area contributed by atoms with E-state index in [4.69, 9.17) is 0 Å². The van der Waals surface area contributed by atoms with E-state index in [0.717, 1.165) is 11.0 Å². The highest BCUT2D eigenvalue weighted by Gasteiger charge is 2.15. The van der Waals surface area contributed by atoms with Crippen molar-refractivity contribution < 1.29 is 14.5 Å². The first kappa shape index (κ1) is 16.1. The molecule has 0 bridgehead atoms. The van der Waals surface area contributed by atoms with Crippen molar-refractivity contribution in [2.24, 2.45) is 0 Å². The number of nitro groups is 1. The van der Waals surface area contributed by atoms with Gasteiger partial charge >= 0.3 is 5.95 Å². The van der Waals surface area contributed by atoms with Crippen LogP contribution in [0.1, 0.15) is 17.3 Å². The van der Waals surface area contributed by atoms with Gasteiger partial charge in [0.05, 0.1) is 0 Å². The molecule has 10 heteroatoms. The number of amides is 2. The van der Waals surface area contributed by atoms with Gasteiger partial charge < -0.3 is 20.7 Å². The van der Waals surface area contributed by atoms with Gasteiger partial charge in [0.25, 0.3) is 5.91 Å². The number of hydrogen-bond acceptors (Lipinski definition) is 6. The molecule has 0 fully saturated rings. The van der Waals surface area contributed by atoms with E-state index in [1.165, 1.54) is 6.07 Å². The van der Waals surface area contributed by atoms with Crippen molar-refractivity contribution in [2.45, 2.75) is 13.5 Å². The zero-order valence-corrected chi connectivity index (χ0v) is 12.2. The molecule has 2 rings (SSSR count). The summed E-state index contributed by atoms with van der Waals surface area (Å²) in [6.07, 6.45) is 1.10. The highest BCUT2D eigenvalue weighted by Crippen LogP contribution is 2.11. The van der Waals surface area contributed by atoms with Crippen LogP contribution in [0.4, 0.5) is 11.6 Å². The Morgan fingerprint density at radius 2 is 2.17 bits per heavy atom. The van der Waals surface area contributed by atoms with Gasteiger partial charge in [-0.25, -0.2) is 0 Å². The Kier molecular flexibility index (Phi) is 4.97. The van der Waals surface area contributed by atoms with Crippen LogP contribution in [0.3, 0.4) is 0 Å². The molecule has 23 heavy (non-hydrogen) atoms. The number of carbonyl (C=O) groups is 2. The van der Waals surface area contributed by atoms with Crippen LogP contribution in [0.5, 0.6) is 0 Å². The largest absolute Gasteiger partial charge is 0.490 e. The summed E-state index contributed by atoms with van der Waals surface area (Å²) in [5.41, 5.74) is 0.856. The fourth-order valence-corrected chi connectivity index (χ4v) is 1.79. The van der Waals surface area contributed by atoms with Crippen molar-refractivity contribution in [1.29, 1.82) is 0 Å². The number of nitrogens with zero attached hydrogens (tertiary/aromatic N) is 4. The van der Waals surface area contributed by atoms with Crippen LogP contribution in [0, 0.1) is 10.1 Å². The molecule has 2 N–H and O–H groups in total. The monoisotopic (exact) mass is 318 g/mol. The molecule has 120 valence electrons. The number of benzene rings is 1. The molecule has 0 radical (unpaired) electrons. The van der Waals surface area contributed by atoms with Crippen LogP contribution in [-0.2, 0) is 11.3 Å². The first-order chi connectivity index (χ1) is 11.0. The standard InChI is InChI=1S/C13H14N6O4/c1-2-14-12(21)9-4-3-5-10(6-9)16-11(20)7-18-8-15-13(17-18)19(22)23/h3-6,8H,2,7H2,1H3,(H,14,21)(H,16,20). The molecule has 10 nitrogen and oxygen atoms in total. The van der Waals surface area contributed by atoms with E-state index >= 15 is 0 Å². The van der Waals surface area contributed by atoms with Gasteiger partial charge in [0.2, 0.25) is 12.2 Å². The summed E-state index contributed by atoms with van der Waals surface area (Å²) in [6, 6.07) is 6.43. The minimum absolute atomic E-state index is 0.230. The SMILES string of the molecule is CCNC(=O)c1cccc(NC(=O)Cn2cnc([N+](=O)[O-])n2)c1. The van der Waals surface area contributed by atoms with Crippen LogP contribution in [-0.4, -0.2) is 38.0 Å². The van der Waals surface area contributed by atoms with E-state index in [9.17, 15) is 19.7 Å². The summed E-state index contributed by atoms with van der Waals surface area (Å²) in [6.45, 7) is 2.08. The summed E-state index contributed by atoms with van der Waals surface area (Å²) < 4.78 is 1.06. The van der Waals surface area contributed by atoms with Crippen LogP contribution in [0.2, 0.25) is 0 Å². The van der Waals surface area contributed by atoms with Crippen LogP contribution in [0.15, 0.2) is 30.6 Å². The Morgan fingerprint density at radius 1 is 1.39 bits per heavy atom. The van der Waals surface area contributed by atoms with Gasteiger partial charge in [-0.2, -0.15) is 4.68 Å². The van der Waals surface area contributed by atoms with Gasteiger partial charge in [-0.3, -0.25) is 9.59 Å². The maximum atomic E-state index is 11.9. The fourth-order valence-electron chi connectivity index (χ4n) is 1.79. The lowest BCUT2D eigenvalue weighted by atomic mass is 10.2. The molecule has 2 aromatic rings. The molecule has 2 amide bonds. The molecule has 0 saturated carbocycles. The number of carbonyl (C=O) groups excluding carboxylic acids is 2. The molecule has 0 unspecified atom stereocenters. The highest BCUT2D eigenvalue weighted by molar-refractivity contribution is 5.97. The summed E-state index contributed by atoms with van der Waals surface area (Å²) in [4.78, 5) is 36.8. The van der Waals surface area contributed by atoms with Gasteiger partial charge in [-0.1, -0.05) is 11.1 Å². The Balaban J connectivity index is 2.00. The molecule has 1 aromatic carbocycles. The lowest BCUT2D eigenvalue weighted by Crippen LogP contribution is -2.23. The molecule has 0 aliphatic heterocycles. The lowest BCUT2D eigenvalue weighted by Gasteiger charge is -2.07. The predicted molar refractivity (Wildman–Crippen MR) is 79.8 cm³/mol. The number of aromatic nitrogens is 3. The third-order valence-corrected chi connectivity index (χ3v) is 2.74. The molecule has 1 heterocycles. The van der Waals surface area contributed by atoms with E-state index in [1.54, 1.807) is 25.1 Å². The predicted octanol–water partition coefficient (Wildman–Crippen LogP) is 0.575. The average molecular weight is 318 g/mol. The summed E-state index contributed by atoms with van der Waals surface area (Å²) in [7, 11) is 0. The van der Waals surface area contributed by atoms with Crippen molar-refractivity contribution in [3.8, 4) is 0 Å². The van der Waals surface area contributed by atoms with Crippen molar-refractivity contribution in [2.75, 3.05) is 11.9 Å². The maximum Gasteiger partial charge on any atom is 0.490 e. The Morgan fingerprint density at radius 3 is 2.83 bits per heavy atom. The van der Waals surface area contributed by atoms with E-state index in [-0.39, 0.29) is 12.5 Å². The van der Waals surface area contributed by atoms with Gasteiger partial charge in [0, 0.05) is 22.9 Å². The molecule has 0 spiro atoms. The van der Waals surface area contributed by atoms with Crippen LogP contribution in [0.25, 0.3) is 0 Å². The molecule has 0 atom stereocenters. The Hall–Kier alpha value is -3.30. The summed E-state index contributed by atoms with van der Waals surface area (Å²) in [5, 5.41) is 19.3. The van der Waals surface area contributed by atoms with Gasteiger partial charge in [-0.05, 0) is 30.0 Å². The topological polar surface area (TPSA) is 132 Å². The Bertz CT molecular complexity index is 742. The summed E-state index contributed by atoms with van der Waals surface area (Å²) >= 11 is 0. The number of anilines is 1. The first-order valence-corrected chi connectivity index (χ1v) is 6.71. The summed E-state index contributed by atoms with van der Waals surface area (Å²) in [5.74, 6) is -1.26. The van der Waals surface area contributed by atoms with Crippen molar-refractivity contribution in [1.82, 2.24) is 20.1 Å². The van der Waals surface area contributed by atoms with Crippen molar-refractivity contribution in [3.05, 3.63) is 46.3 Å². The van der Waals surface area contributed by atoms with E-state index in [2.05, 4.69) is 20.7 Å². The smallest absolute Gasteiger partial charge is 0.390 e. The second kappa shape index (κ2) is 7.11. The van der Waals surface area contributed by atoms with Gasteiger partial charge in [-0.15, -0.1) is 0 Å². The van der Waals surface area contributed by atoms with E-state index in [1.807, 2.05) is 0 Å². The van der Waals surface area contributed by atoms with E-state index < -0.39 is 16.8 Å². The van der Waals surface area contributed by atoms with Crippen LogP contribution >= 0.6 is 0 Å². The Labute approximate surface area is 130 Å². The third kappa shape index (κ3) is 4.33. The molecule has 0 saturated heterocycles. The minimum atomic E-state index is -0.746. The fraction of sp³-hybridized carbons (Fsp3) is 0.231. The molecular formula is C13H14N6O4.